The first kappa shape index (κ1) is 14.1. The van der Waals surface area contributed by atoms with Crippen LogP contribution in [-0.2, 0) is 9.47 Å². The van der Waals surface area contributed by atoms with Crippen molar-refractivity contribution >= 4 is 0 Å². The van der Waals surface area contributed by atoms with E-state index < -0.39 is 42.4 Å². The van der Waals surface area contributed by atoms with Crippen molar-refractivity contribution < 1.29 is 29.9 Å². The van der Waals surface area contributed by atoms with Crippen molar-refractivity contribution in [2.24, 2.45) is 22.7 Å². The molecule has 0 radical (unpaired) electrons. The van der Waals surface area contributed by atoms with Gasteiger partial charge in [-0.25, -0.2) is 0 Å². The maximum absolute atomic E-state index is 10.2. The summed E-state index contributed by atoms with van der Waals surface area (Å²) < 4.78 is 12.4. The van der Waals surface area contributed by atoms with Gasteiger partial charge in [0.1, 0.15) is 36.6 Å². The van der Waals surface area contributed by atoms with E-state index in [0.717, 1.165) is 12.8 Å². The van der Waals surface area contributed by atoms with E-state index in [1.165, 1.54) is 6.42 Å². The molecule has 1 heterocycles. The van der Waals surface area contributed by atoms with Crippen molar-refractivity contribution in [3.63, 3.8) is 0 Å². The molecule has 6 heteroatoms. The van der Waals surface area contributed by atoms with E-state index >= 15 is 0 Å². The molecule has 0 bridgehead atoms. The number of aliphatic hydroxyl groups excluding tert-OH is 4. The molecule has 4 saturated carbocycles. The van der Waals surface area contributed by atoms with E-state index in [1.54, 1.807) is 0 Å². The summed E-state index contributed by atoms with van der Waals surface area (Å²) in [6.45, 7) is 4.49. The third-order valence-electron chi connectivity index (χ3n) is 8.17. The first-order valence-corrected chi connectivity index (χ1v) is 8.36. The van der Waals surface area contributed by atoms with Crippen LogP contribution >= 0.6 is 0 Å². The van der Waals surface area contributed by atoms with Crippen LogP contribution in [0.15, 0.2) is 0 Å². The van der Waals surface area contributed by atoms with Gasteiger partial charge in [-0.1, -0.05) is 13.8 Å². The molecule has 0 aromatic rings. The fourth-order valence-corrected chi connectivity index (χ4v) is 6.60. The summed E-state index contributed by atoms with van der Waals surface area (Å²) in [5, 5.41) is 40.3. The summed E-state index contributed by atoms with van der Waals surface area (Å²) in [5.74, 6) is 0.210. The van der Waals surface area contributed by atoms with E-state index in [9.17, 15) is 20.4 Å². The number of ether oxygens (including phenoxy) is 2. The fourth-order valence-electron chi connectivity index (χ4n) is 6.60. The third-order valence-corrected chi connectivity index (χ3v) is 8.17. The molecular formula is C16H24O6. The average molecular weight is 312 g/mol. The molecule has 5 aliphatic rings. The summed E-state index contributed by atoms with van der Waals surface area (Å²) >= 11 is 0. The molecule has 3 unspecified atom stereocenters. The Kier molecular flexibility index (Phi) is 2.38. The minimum atomic E-state index is -1.41. The van der Waals surface area contributed by atoms with Gasteiger partial charge in [-0.3, -0.25) is 0 Å². The van der Waals surface area contributed by atoms with Crippen LogP contribution in [0.5, 0.6) is 0 Å². The van der Waals surface area contributed by atoms with Crippen molar-refractivity contribution in [2.75, 3.05) is 0 Å². The summed E-state index contributed by atoms with van der Waals surface area (Å²) in [4.78, 5) is 0. The molecule has 4 aliphatic carbocycles. The molecule has 0 aromatic heterocycles. The number of hydrogen-bond donors (Lipinski definition) is 4. The highest BCUT2D eigenvalue weighted by Gasteiger charge is 2.89. The molecule has 5 rings (SSSR count). The van der Waals surface area contributed by atoms with Gasteiger partial charge >= 0.3 is 0 Å². The number of aliphatic hydroxyl groups is 4. The Labute approximate surface area is 129 Å². The second-order valence-electron chi connectivity index (χ2n) is 8.43. The van der Waals surface area contributed by atoms with Crippen molar-refractivity contribution in [2.45, 2.75) is 75.5 Å². The van der Waals surface area contributed by atoms with Crippen LogP contribution in [0.3, 0.4) is 0 Å². The van der Waals surface area contributed by atoms with Crippen molar-refractivity contribution in [3.8, 4) is 0 Å². The monoisotopic (exact) mass is 312 g/mol. The molecule has 5 fully saturated rings. The standard InChI is InChI=1S/C16H24O6/c1-14-4-3-6-5-7(15(6,14)2)16(14)21-12-10(19)8(17)9(18)11(20)13(12)22-16/h6-13,17-20H,3-5H2,1-2H3/t6-,7?,8+,9+,10-,11-,12-,13+,14+,15?,16?/m1/s1. The topological polar surface area (TPSA) is 99.4 Å². The fraction of sp³-hybridized carbons (Fsp3) is 1.00. The zero-order chi connectivity index (χ0) is 15.7. The maximum atomic E-state index is 10.2. The van der Waals surface area contributed by atoms with Crippen LogP contribution in [0.4, 0.5) is 0 Å². The molecule has 4 N–H and O–H groups in total. The zero-order valence-electron chi connectivity index (χ0n) is 12.8. The molecule has 1 aliphatic heterocycles. The number of hydrogen-bond acceptors (Lipinski definition) is 6. The highest BCUT2D eigenvalue weighted by atomic mass is 16.8. The zero-order valence-corrected chi connectivity index (χ0v) is 12.8. The molecule has 0 aromatic carbocycles. The van der Waals surface area contributed by atoms with E-state index in [1.807, 2.05) is 0 Å². The summed E-state index contributed by atoms with van der Waals surface area (Å²) in [7, 11) is 0. The Hall–Kier alpha value is -0.240. The highest BCUT2D eigenvalue weighted by Crippen LogP contribution is 2.86. The molecule has 6 nitrogen and oxygen atoms in total. The van der Waals surface area contributed by atoms with Crippen molar-refractivity contribution in [1.29, 1.82) is 0 Å². The molecule has 22 heavy (non-hydrogen) atoms. The molecule has 11 atom stereocenters. The first-order valence-electron chi connectivity index (χ1n) is 8.36. The summed E-state index contributed by atoms with van der Waals surface area (Å²) in [6, 6.07) is 0. The predicted octanol–water partition coefficient (Wildman–Crippen LogP) is -0.620. The van der Waals surface area contributed by atoms with Crippen molar-refractivity contribution in [1.82, 2.24) is 0 Å². The Balaban J connectivity index is 1.53. The number of rotatable bonds is 0. The van der Waals surface area contributed by atoms with Gasteiger partial charge in [-0.05, 0) is 30.6 Å². The van der Waals surface area contributed by atoms with Gasteiger partial charge in [0.2, 0.25) is 0 Å². The second-order valence-corrected chi connectivity index (χ2v) is 8.43. The highest BCUT2D eigenvalue weighted by molar-refractivity contribution is 5.32. The van der Waals surface area contributed by atoms with Crippen molar-refractivity contribution in [3.05, 3.63) is 0 Å². The summed E-state index contributed by atoms with van der Waals surface area (Å²) in [6.07, 6.45) is -3.62. The van der Waals surface area contributed by atoms with Gasteiger partial charge in [0.25, 0.3) is 0 Å². The SMILES string of the molecule is CC12C3C[C@H]1CC[C@]2(C)C31O[C@@H]2[C@H](O)[C@@H](O)[C@H](O)[C@@H](O)[C@@H]2O1. The van der Waals surface area contributed by atoms with Crippen LogP contribution in [0.2, 0.25) is 0 Å². The largest absolute Gasteiger partial charge is 0.387 e. The molecular weight excluding hydrogens is 288 g/mol. The van der Waals surface area contributed by atoms with Crippen LogP contribution in [-0.4, -0.2) is 62.8 Å². The lowest BCUT2D eigenvalue weighted by molar-refractivity contribution is -0.439. The Morgan fingerprint density at radius 3 is 1.95 bits per heavy atom. The minimum absolute atomic E-state index is 0.125. The lowest BCUT2D eigenvalue weighted by atomic mass is 9.32. The van der Waals surface area contributed by atoms with Crippen LogP contribution in [0, 0.1) is 22.7 Å². The molecule has 0 amide bonds. The van der Waals surface area contributed by atoms with Crippen LogP contribution in [0.25, 0.3) is 0 Å². The quantitative estimate of drug-likeness (QED) is 0.476. The Bertz CT molecular complexity index is 517. The molecule has 124 valence electrons. The third kappa shape index (κ3) is 1.09. The van der Waals surface area contributed by atoms with Gasteiger partial charge in [-0.2, -0.15) is 0 Å². The molecule has 1 saturated heterocycles. The Morgan fingerprint density at radius 1 is 0.864 bits per heavy atom. The van der Waals surface area contributed by atoms with Crippen LogP contribution in [0.1, 0.15) is 33.1 Å². The van der Waals surface area contributed by atoms with Gasteiger partial charge < -0.3 is 29.9 Å². The summed E-state index contributed by atoms with van der Waals surface area (Å²) in [5.41, 5.74) is 0.0912. The lowest BCUT2D eigenvalue weighted by Crippen LogP contribution is -2.80. The second kappa shape index (κ2) is 3.71. The van der Waals surface area contributed by atoms with E-state index in [2.05, 4.69) is 13.8 Å². The van der Waals surface area contributed by atoms with Gasteiger partial charge in [-0.15, -0.1) is 0 Å². The lowest BCUT2D eigenvalue weighted by Gasteiger charge is -2.76. The first-order chi connectivity index (χ1) is 10.3. The van der Waals surface area contributed by atoms with Crippen LogP contribution < -0.4 is 0 Å². The van der Waals surface area contributed by atoms with E-state index in [4.69, 9.17) is 9.47 Å². The van der Waals surface area contributed by atoms with E-state index in [-0.39, 0.29) is 16.7 Å². The van der Waals surface area contributed by atoms with Gasteiger partial charge in [0.05, 0.1) is 0 Å². The minimum Gasteiger partial charge on any atom is -0.387 e. The number of fused-ring (bicyclic) bond motifs is 3. The average Bonchev–Trinajstić information content (AvgIpc) is 2.91. The smallest absolute Gasteiger partial charge is 0.178 e. The van der Waals surface area contributed by atoms with Gasteiger partial charge in [0.15, 0.2) is 5.79 Å². The van der Waals surface area contributed by atoms with Gasteiger partial charge in [0, 0.05) is 11.3 Å². The maximum Gasteiger partial charge on any atom is 0.178 e. The van der Waals surface area contributed by atoms with E-state index in [0.29, 0.717) is 5.92 Å². The molecule has 1 spiro atoms. The predicted molar refractivity (Wildman–Crippen MR) is 73.5 cm³/mol. The normalized spacial score (nSPS) is 71.7. The Morgan fingerprint density at radius 2 is 1.41 bits per heavy atom.